The van der Waals surface area contributed by atoms with Gasteiger partial charge in [-0.3, -0.25) is 0 Å². The maximum absolute atomic E-state index is 5.95. The van der Waals surface area contributed by atoms with Crippen molar-refractivity contribution < 1.29 is 9.47 Å². The number of rotatable bonds is 5. The van der Waals surface area contributed by atoms with Gasteiger partial charge in [-0.05, 0) is 38.0 Å². The van der Waals surface area contributed by atoms with Crippen LogP contribution in [0.15, 0.2) is 24.3 Å². The van der Waals surface area contributed by atoms with E-state index in [2.05, 4.69) is 12.0 Å². The molecule has 20 heavy (non-hydrogen) atoms. The molecule has 0 aliphatic rings. The molecule has 0 aliphatic carbocycles. The number of nitrogen functional groups attached to an aromatic ring is 1. The lowest BCUT2D eigenvalue weighted by molar-refractivity contribution is 0.354. The van der Waals surface area contributed by atoms with Gasteiger partial charge in [-0.2, -0.15) is 5.10 Å². The topological polar surface area (TPSA) is 62.3 Å². The van der Waals surface area contributed by atoms with Gasteiger partial charge in [-0.15, -0.1) is 0 Å². The first kappa shape index (κ1) is 14.2. The van der Waals surface area contributed by atoms with Crippen molar-refractivity contribution in [3.05, 3.63) is 35.5 Å². The van der Waals surface area contributed by atoms with Gasteiger partial charge in [0.1, 0.15) is 5.82 Å². The van der Waals surface area contributed by atoms with Crippen molar-refractivity contribution in [2.24, 2.45) is 0 Å². The van der Waals surface area contributed by atoms with Crippen LogP contribution in [0.2, 0.25) is 0 Å². The average molecular weight is 275 g/mol. The van der Waals surface area contributed by atoms with Crippen molar-refractivity contribution in [2.45, 2.75) is 26.3 Å². The normalized spacial score (nSPS) is 12.2. The Morgan fingerprint density at radius 1 is 1.20 bits per heavy atom. The number of hydrogen-bond acceptors (Lipinski definition) is 4. The van der Waals surface area contributed by atoms with Crippen LogP contribution in [0.1, 0.15) is 24.2 Å². The second-order valence-electron chi connectivity index (χ2n) is 4.90. The van der Waals surface area contributed by atoms with Crippen LogP contribution in [0.4, 0.5) is 5.82 Å². The summed E-state index contributed by atoms with van der Waals surface area (Å²) >= 11 is 0. The summed E-state index contributed by atoms with van der Waals surface area (Å²) in [5.41, 5.74) is 8.04. The zero-order valence-corrected chi connectivity index (χ0v) is 12.4. The van der Waals surface area contributed by atoms with Gasteiger partial charge < -0.3 is 15.2 Å². The van der Waals surface area contributed by atoms with Gasteiger partial charge in [0.2, 0.25) is 0 Å². The summed E-state index contributed by atoms with van der Waals surface area (Å²) in [5.74, 6) is 2.16. The molecule has 108 valence electrons. The standard InChI is InChI=1S/C15H21N3O2/c1-10-7-15(16)18(17-10)11(2)8-12-5-6-13(19-3)14(9-12)20-4/h5-7,9,11H,8,16H2,1-4H3. The van der Waals surface area contributed by atoms with E-state index in [1.165, 1.54) is 0 Å². The molecule has 1 unspecified atom stereocenters. The van der Waals surface area contributed by atoms with Crippen LogP contribution < -0.4 is 15.2 Å². The lowest BCUT2D eigenvalue weighted by atomic mass is 10.1. The first-order valence-electron chi connectivity index (χ1n) is 6.57. The fourth-order valence-electron chi connectivity index (χ4n) is 2.32. The van der Waals surface area contributed by atoms with E-state index in [4.69, 9.17) is 15.2 Å². The van der Waals surface area contributed by atoms with Gasteiger partial charge >= 0.3 is 0 Å². The molecule has 0 fully saturated rings. The van der Waals surface area contributed by atoms with E-state index in [0.717, 1.165) is 29.2 Å². The number of aryl methyl sites for hydroxylation is 1. The monoisotopic (exact) mass is 275 g/mol. The molecule has 0 radical (unpaired) electrons. The highest BCUT2D eigenvalue weighted by Crippen LogP contribution is 2.29. The van der Waals surface area contributed by atoms with E-state index < -0.39 is 0 Å². The Balaban J connectivity index is 2.19. The fraction of sp³-hybridized carbons (Fsp3) is 0.400. The van der Waals surface area contributed by atoms with Gasteiger partial charge in [-0.1, -0.05) is 6.07 Å². The molecule has 5 heteroatoms. The van der Waals surface area contributed by atoms with E-state index in [9.17, 15) is 0 Å². The number of benzene rings is 1. The minimum atomic E-state index is 0.182. The first-order valence-corrected chi connectivity index (χ1v) is 6.57. The summed E-state index contributed by atoms with van der Waals surface area (Å²) in [6.45, 7) is 4.04. The number of ether oxygens (including phenoxy) is 2. The van der Waals surface area contributed by atoms with E-state index >= 15 is 0 Å². The highest BCUT2D eigenvalue weighted by Gasteiger charge is 2.12. The molecule has 1 aromatic carbocycles. The zero-order valence-electron chi connectivity index (χ0n) is 12.4. The summed E-state index contributed by atoms with van der Waals surface area (Å²) in [7, 11) is 3.27. The SMILES string of the molecule is COc1ccc(CC(C)n2nc(C)cc2N)cc1OC. The molecule has 0 bridgehead atoms. The number of anilines is 1. The van der Waals surface area contributed by atoms with Crippen LogP contribution in [0.3, 0.4) is 0 Å². The minimum Gasteiger partial charge on any atom is -0.493 e. The third-order valence-corrected chi connectivity index (χ3v) is 3.28. The maximum Gasteiger partial charge on any atom is 0.160 e. The quantitative estimate of drug-likeness (QED) is 0.911. The van der Waals surface area contributed by atoms with E-state index in [1.807, 2.05) is 35.9 Å². The van der Waals surface area contributed by atoms with Crippen LogP contribution in [0.5, 0.6) is 11.5 Å². The molecule has 0 aliphatic heterocycles. The third kappa shape index (κ3) is 2.87. The first-order chi connectivity index (χ1) is 9.55. The Morgan fingerprint density at radius 3 is 2.45 bits per heavy atom. The fourth-order valence-corrected chi connectivity index (χ4v) is 2.32. The minimum absolute atomic E-state index is 0.182. The zero-order chi connectivity index (χ0) is 14.7. The van der Waals surface area contributed by atoms with Gasteiger partial charge in [0.05, 0.1) is 26.0 Å². The number of hydrogen-bond donors (Lipinski definition) is 1. The number of aromatic nitrogens is 2. The van der Waals surface area contributed by atoms with Gasteiger partial charge in [0.25, 0.3) is 0 Å². The molecule has 1 heterocycles. The lowest BCUT2D eigenvalue weighted by Crippen LogP contribution is -2.12. The molecule has 2 rings (SSSR count). The molecular formula is C15H21N3O2. The largest absolute Gasteiger partial charge is 0.493 e. The smallest absolute Gasteiger partial charge is 0.160 e. The Labute approximate surface area is 119 Å². The Morgan fingerprint density at radius 2 is 1.90 bits per heavy atom. The molecule has 0 amide bonds. The second-order valence-corrected chi connectivity index (χ2v) is 4.90. The Hall–Kier alpha value is -2.17. The van der Waals surface area contributed by atoms with Crippen LogP contribution in [-0.4, -0.2) is 24.0 Å². The Bertz CT molecular complexity index is 593. The highest BCUT2D eigenvalue weighted by atomic mass is 16.5. The van der Waals surface area contributed by atoms with E-state index in [0.29, 0.717) is 5.82 Å². The molecule has 1 atom stereocenters. The van der Waals surface area contributed by atoms with Gasteiger partial charge in [-0.25, -0.2) is 4.68 Å². The highest BCUT2D eigenvalue weighted by molar-refractivity contribution is 5.43. The maximum atomic E-state index is 5.95. The van der Waals surface area contributed by atoms with Crippen LogP contribution in [-0.2, 0) is 6.42 Å². The number of nitrogens with zero attached hydrogens (tertiary/aromatic N) is 2. The van der Waals surface area contributed by atoms with E-state index in [1.54, 1.807) is 14.2 Å². The van der Waals surface area contributed by atoms with Gasteiger partial charge in [0, 0.05) is 6.07 Å². The summed E-state index contributed by atoms with van der Waals surface area (Å²) in [4.78, 5) is 0. The van der Waals surface area contributed by atoms with Crippen molar-refractivity contribution in [3.63, 3.8) is 0 Å². The Kier molecular flexibility index (Phi) is 4.17. The summed E-state index contributed by atoms with van der Waals surface area (Å²) in [6.07, 6.45) is 0.825. The third-order valence-electron chi connectivity index (χ3n) is 3.28. The molecule has 0 saturated carbocycles. The summed E-state index contributed by atoms with van der Waals surface area (Å²) in [6, 6.07) is 8.00. The molecule has 2 N–H and O–H groups in total. The number of nitrogens with two attached hydrogens (primary N) is 1. The van der Waals surface area contributed by atoms with Crippen LogP contribution in [0.25, 0.3) is 0 Å². The molecule has 1 aromatic heterocycles. The molecule has 0 spiro atoms. The van der Waals surface area contributed by atoms with Crippen LogP contribution >= 0.6 is 0 Å². The average Bonchev–Trinajstić information content (AvgIpc) is 2.77. The van der Waals surface area contributed by atoms with Crippen LogP contribution in [0, 0.1) is 6.92 Å². The van der Waals surface area contributed by atoms with Crippen molar-refractivity contribution in [2.75, 3.05) is 20.0 Å². The predicted molar refractivity (Wildman–Crippen MR) is 79.3 cm³/mol. The molecular weight excluding hydrogens is 254 g/mol. The summed E-state index contributed by atoms with van der Waals surface area (Å²) in [5, 5.41) is 4.42. The molecule has 0 saturated heterocycles. The van der Waals surface area contributed by atoms with Crippen molar-refractivity contribution >= 4 is 5.82 Å². The van der Waals surface area contributed by atoms with E-state index in [-0.39, 0.29) is 6.04 Å². The van der Waals surface area contributed by atoms with Gasteiger partial charge in [0.15, 0.2) is 11.5 Å². The molecule has 2 aromatic rings. The predicted octanol–water partition coefficient (Wildman–Crippen LogP) is 2.59. The lowest BCUT2D eigenvalue weighted by Gasteiger charge is -2.15. The van der Waals surface area contributed by atoms with Crippen molar-refractivity contribution in [1.29, 1.82) is 0 Å². The van der Waals surface area contributed by atoms with Crippen molar-refractivity contribution in [3.8, 4) is 11.5 Å². The second kappa shape index (κ2) is 5.86. The van der Waals surface area contributed by atoms with Crippen molar-refractivity contribution in [1.82, 2.24) is 9.78 Å². The summed E-state index contributed by atoms with van der Waals surface area (Å²) < 4.78 is 12.4. The molecule has 5 nitrogen and oxygen atoms in total. The number of methoxy groups -OCH3 is 2.